The van der Waals surface area contributed by atoms with Crippen LogP contribution in [0.1, 0.15) is 266 Å². The first-order valence-electron chi connectivity index (χ1n) is 24.6. The lowest BCUT2D eigenvalue weighted by Gasteiger charge is -2.18. The Bertz CT molecular complexity index is 870. The highest BCUT2D eigenvalue weighted by molar-refractivity contribution is 5.71. The summed E-state index contributed by atoms with van der Waals surface area (Å²) in [4.78, 5) is 37.8. The first kappa shape index (κ1) is 54.4. The van der Waals surface area contributed by atoms with Crippen LogP contribution in [0.15, 0.2) is 0 Å². The molecule has 6 nitrogen and oxygen atoms in total. The van der Waals surface area contributed by atoms with Crippen molar-refractivity contribution in [1.82, 2.24) is 0 Å². The van der Waals surface area contributed by atoms with Crippen LogP contribution >= 0.6 is 0 Å². The summed E-state index contributed by atoms with van der Waals surface area (Å²) < 4.78 is 16.8. The maximum atomic E-state index is 12.8. The number of ether oxygens (including phenoxy) is 3. The Hall–Kier alpha value is -1.59. The predicted molar refractivity (Wildman–Crippen MR) is 238 cm³/mol. The van der Waals surface area contributed by atoms with Gasteiger partial charge in [0, 0.05) is 19.3 Å². The maximum absolute atomic E-state index is 12.8. The van der Waals surface area contributed by atoms with Gasteiger partial charge in [0.2, 0.25) is 0 Å². The molecule has 0 aliphatic heterocycles. The Morgan fingerprint density at radius 3 is 0.929 bits per heavy atom. The van der Waals surface area contributed by atoms with E-state index in [-0.39, 0.29) is 31.1 Å². The van der Waals surface area contributed by atoms with Gasteiger partial charge in [-0.15, -0.1) is 0 Å². The van der Waals surface area contributed by atoms with Gasteiger partial charge in [-0.25, -0.2) is 0 Å². The van der Waals surface area contributed by atoms with E-state index in [4.69, 9.17) is 14.2 Å². The average molecular weight is 793 g/mol. The van der Waals surface area contributed by atoms with Crippen molar-refractivity contribution in [2.75, 3.05) is 13.2 Å². The van der Waals surface area contributed by atoms with E-state index in [1.54, 1.807) is 0 Å². The molecule has 0 rings (SSSR count). The largest absolute Gasteiger partial charge is 0.462 e. The molecule has 0 saturated heterocycles. The van der Waals surface area contributed by atoms with E-state index in [0.29, 0.717) is 19.3 Å². The zero-order valence-electron chi connectivity index (χ0n) is 38.4. The van der Waals surface area contributed by atoms with Crippen LogP contribution in [0.25, 0.3) is 0 Å². The number of esters is 3. The first-order chi connectivity index (χ1) is 27.1. The third kappa shape index (κ3) is 42.0. The third-order valence-corrected chi connectivity index (χ3v) is 11.5. The summed E-state index contributed by atoms with van der Waals surface area (Å²) in [5, 5.41) is 0. The molecule has 0 aliphatic rings. The molecule has 0 amide bonds. The molecule has 0 radical (unpaired) electrons. The van der Waals surface area contributed by atoms with Gasteiger partial charge in [-0.05, 0) is 37.0 Å². The van der Waals surface area contributed by atoms with Gasteiger partial charge >= 0.3 is 17.9 Å². The molecule has 0 aromatic carbocycles. The van der Waals surface area contributed by atoms with E-state index >= 15 is 0 Å². The quantitative estimate of drug-likeness (QED) is 0.0348. The van der Waals surface area contributed by atoms with Crippen LogP contribution in [0, 0.1) is 17.8 Å². The molecule has 0 heterocycles. The second-order valence-corrected chi connectivity index (χ2v) is 18.3. The zero-order chi connectivity index (χ0) is 41.3. The second kappa shape index (κ2) is 41.6. The Morgan fingerprint density at radius 2 is 0.625 bits per heavy atom. The van der Waals surface area contributed by atoms with Crippen molar-refractivity contribution in [1.29, 1.82) is 0 Å². The second-order valence-electron chi connectivity index (χ2n) is 18.3. The van der Waals surface area contributed by atoms with E-state index in [1.807, 2.05) is 0 Å². The highest BCUT2D eigenvalue weighted by atomic mass is 16.6. The molecule has 332 valence electrons. The average Bonchev–Trinajstić information content (AvgIpc) is 3.16. The third-order valence-electron chi connectivity index (χ3n) is 11.5. The Balaban J connectivity index is 4.33. The monoisotopic (exact) mass is 793 g/mol. The van der Waals surface area contributed by atoms with Gasteiger partial charge in [-0.1, -0.05) is 228 Å². The Kier molecular flexibility index (Phi) is 40.4. The summed E-state index contributed by atoms with van der Waals surface area (Å²) in [5.41, 5.74) is 0. The minimum absolute atomic E-state index is 0.0659. The standard InChI is InChI=1S/C50H96O6/c1-7-46(6)38-32-26-22-23-28-34-40-49(52)55-43-47(42-54-48(51)39-33-27-20-16-13-12-15-19-25-31-37-45(4)5)56-50(53)41-35-29-21-17-11-9-8-10-14-18-24-30-36-44(2)3/h44-47H,7-43H2,1-6H3/t46?,47-/m0/s1. The van der Waals surface area contributed by atoms with Crippen LogP contribution < -0.4 is 0 Å². The van der Waals surface area contributed by atoms with E-state index in [1.165, 1.54) is 148 Å². The van der Waals surface area contributed by atoms with E-state index in [9.17, 15) is 14.4 Å². The molecule has 0 spiro atoms. The number of hydrogen-bond donors (Lipinski definition) is 0. The van der Waals surface area contributed by atoms with Crippen LogP contribution in [-0.2, 0) is 28.6 Å². The molecule has 0 saturated carbocycles. The van der Waals surface area contributed by atoms with E-state index in [0.717, 1.165) is 75.5 Å². The molecule has 2 atom stereocenters. The summed E-state index contributed by atoms with van der Waals surface area (Å²) in [6.45, 7) is 13.7. The lowest BCUT2D eigenvalue weighted by molar-refractivity contribution is -0.167. The summed E-state index contributed by atoms with van der Waals surface area (Å²) in [6, 6.07) is 0. The number of unbranched alkanes of at least 4 members (excludes halogenated alkanes) is 25. The topological polar surface area (TPSA) is 78.9 Å². The number of carbonyl (C=O) groups is 3. The minimum atomic E-state index is -0.763. The van der Waals surface area contributed by atoms with E-state index in [2.05, 4.69) is 41.5 Å². The van der Waals surface area contributed by atoms with Crippen LogP contribution in [-0.4, -0.2) is 37.2 Å². The molecule has 0 aromatic heterocycles. The van der Waals surface area contributed by atoms with Crippen LogP contribution in [0.4, 0.5) is 0 Å². The van der Waals surface area contributed by atoms with E-state index < -0.39 is 6.10 Å². The fourth-order valence-corrected chi connectivity index (χ4v) is 7.38. The van der Waals surface area contributed by atoms with Gasteiger partial charge in [0.25, 0.3) is 0 Å². The molecule has 1 unspecified atom stereocenters. The number of rotatable bonds is 43. The lowest BCUT2D eigenvalue weighted by atomic mass is 10.00. The fraction of sp³-hybridized carbons (Fsp3) is 0.940. The maximum Gasteiger partial charge on any atom is 0.306 e. The molecule has 0 N–H and O–H groups in total. The molecular weight excluding hydrogens is 697 g/mol. The van der Waals surface area contributed by atoms with Gasteiger partial charge in [-0.2, -0.15) is 0 Å². The molecule has 56 heavy (non-hydrogen) atoms. The van der Waals surface area contributed by atoms with Crippen molar-refractivity contribution in [2.45, 2.75) is 272 Å². The van der Waals surface area contributed by atoms with Gasteiger partial charge in [0.1, 0.15) is 13.2 Å². The van der Waals surface area contributed by atoms with Crippen molar-refractivity contribution in [3.05, 3.63) is 0 Å². The van der Waals surface area contributed by atoms with Gasteiger partial charge in [0.15, 0.2) is 6.10 Å². The summed E-state index contributed by atoms with van der Waals surface area (Å²) in [6.07, 6.45) is 39.5. The fourth-order valence-electron chi connectivity index (χ4n) is 7.38. The van der Waals surface area contributed by atoms with Crippen LogP contribution in [0.3, 0.4) is 0 Å². The smallest absolute Gasteiger partial charge is 0.306 e. The van der Waals surface area contributed by atoms with Crippen molar-refractivity contribution >= 4 is 17.9 Å². The molecule has 0 aromatic rings. The van der Waals surface area contributed by atoms with Crippen molar-refractivity contribution in [3.8, 4) is 0 Å². The predicted octanol–water partition coefficient (Wildman–Crippen LogP) is 15.6. The number of carbonyl (C=O) groups excluding carboxylic acids is 3. The molecule has 0 aliphatic carbocycles. The highest BCUT2D eigenvalue weighted by Gasteiger charge is 2.19. The molecule has 0 fully saturated rings. The van der Waals surface area contributed by atoms with Crippen molar-refractivity contribution in [2.24, 2.45) is 17.8 Å². The Labute approximate surface area is 348 Å². The van der Waals surface area contributed by atoms with Crippen molar-refractivity contribution in [3.63, 3.8) is 0 Å². The minimum Gasteiger partial charge on any atom is -0.462 e. The number of hydrogen-bond acceptors (Lipinski definition) is 6. The molecule has 0 bridgehead atoms. The van der Waals surface area contributed by atoms with Crippen LogP contribution in [0.5, 0.6) is 0 Å². The SMILES string of the molecule is CCC(C)CCCCCCCCC(=O)OC[C@H](COC(=O)CCCCCCCCCCCCC(C)C)OC(=O)CCCCCCCCCCCCCCC(C)C. The van der Waals surface area contributed by atoms with Crippen molar-refractivity contribution < 1.29 is 28.6 Å². The zero-order valence-corrected chi connectivity index (χ0v) is 38.4. The van der Waals surface area contributed by atoms with Gasteiger partial charge in [-0.3, -0.25) is 14.4 Å². The summed E-state index contributed by atoms with van der Waals surface area (Å²) in [5.74, 6) is 1.61. The summed E-state index contributed by atoms with van der Waals surface area (Å²) >= 11 is 0. The van der Waals surface area contributed by atoms with Crippen LogP contribution in [0.2, 0.25) is 0 Å². The van der Waals surface area contributed by atoms with Gasteiger partial charge < -0.3 is 14.2 Å². The first-order valence-corrected chi connectivity index (χ1v) is 24.6. The summed E-state index contributed by atoms with van der Waals surface area (Å²) in [7, 11) is 0. The highest BCUT2D eigenvalue weighted by Crippen LogP contribution is 2.18. The lowest BCUT2D eigenvalue weighted by Crippen LogP contribution is -2.30. The molecular formula is C50H96O6. The molecule has 6 heteroatoms. The normalized spacial score (nSPS) is 12.6. The van der Waals surface area contributed by atoms with Gasteiger partial charge in [0.05, 0.1) is 0 Å². The Morgan fingerprint density at radius 1 is 0.357 bits per heavy atom.